The minimum Gasteiger partial charge on any atom is -0.496 e. The second-order valence-electron chi connectivity index (χ2n) is 4.98. The third-order valence-corrected chi connectivity index (χ3v) is 4.22. The van der Waals surface area contributed by atoms with Crippen molar-refractivity contribution in [3.63, 3.8) is 0 Å². The van der Waals surface area contributed by atoms with Gasteiger partial charge in [0.15, 0.2) is 5.82 Å². The van der Waals surface area contributed by atoms with E-state index in [0.29, 0.717) is 18.9 Å². The van der Waals surface area contributed by atoms with E-state index in [-0.39, 0.29) is 6.61 Å². The molecule has 0 aliphatic carbocycles. The van der Waals surface area contributed by atoms with E-state index in [1.807, 2.05) is 30.5 Å². The van der Waals surface area contributed by atoms with Crippen LogP contribution in [0.25, 0.3) is 16.7 Å². The first kappa shape index (κ1) is 15.9. The molecular weight excluding hydrogens is 360 g/mol. The van der Waals surface area contributed by atoms with Gasteiger partial charge in [0.2, 0.25) is 0 Å². The number of hydrogen-bond acceptors (Lipinski definition) is 5. The van der Waals surface area contributed by atoms with Gasteiger partial charge in [-0.2, -0.15) is 5.10 Å². The van der Waals surface area contributed by atoms with Crippen molar-refractivity contribution < 1.29 is 9.84 Å². The van der Waals surface area contributed by atoms with E-state index in [1.54, 1.807) is 18.0 Å². The Morgan fingerprint density at radius 1 is 1.35 bits per heavy atom. The van der Waals surface area contributed by atoms with Crippen molar-refractivity contribution in [2.75, 3.05) is 20.3 Å². The number of rotatable bonds is 6. The van der Waals surface area contributed by atoms with Crippen LogP contribution in [0.1, 0.15) is 5.56 Å². The number of aromatic nitrogens is 3. The molecule has 23 heavy (non-hydrogen) atoms. The van der Waals surface area contributed by atoms with Crippen molar-refractivity contribution in [3.05, 3.63) is 46.7 Å². The molecule has 0 saturated carbocycles. The lowest BCUT2D eigenvalue weighted by Crippen LogP contribution is -2.18. The summed E-state index contributed by atoms with van der Waals surface area (Å²) < 4.78 is 8.24. The number of pyridine rings is 1. The van der Waals surface area contributed by atoms with Crippen LogP contribution in [0.4, 0.5) is 0 Å². The van der Waals surface area contributed by atoms with Gasteiger partial charge >= 0.3 is 0 Å². The molecule has 0 radical (unpaired) electrons. The van der Waals surface area contributed by atoms with Gasteiger partial charge < -0.3 is 15.2 Å². The summed E-state index contributed by atoms with van der Waals surface area (Å²) in [4.78, 5) is 4.49. The van der Waals surface area contributed by atoms with Crippen molar-refractivity contribution in [2.24, 2.45) is 0 Å². The summed E-state index contributed by atoms with van der Waals surface area (Å²) in [6, 6.07) is 7.81. The van der Waals surface area contributed by atoms with Crippen LogP contribution in [0, 0.1) is 0 Å². The topological polar surface area (TPSA) is 72.2 Å². The van der Waals surface area contributed by atoms with Gasteiger partial charge in [0.1, 0.15) is 5.75 Å². The molecule has 0 atom stereocenters. The zero-order chi connectivity index (χ0) is 16.2. The molecule has 2 N–H and O–H groups in total. The van der Waals surface area contributed by atoms with Crippen LogP contribution in [0.3, 0.4) is 0 Å². The number of fused-ring (bicyclic) bond motifs is 1. The van der Waals surface area contributed by atoms with E-state index < -0.39 is 0 Å². The Bertz CT molecular complexity index is 819. The monoisotopic (exact) mass is 376 g/mol. The minimum atomic E-state index is 0.0992. The Morgan fingerprint density at radius 2 is 2.22 bits per heavy atom. The van der Waals surface area contributed by atoms with Crippen LogP contribution >= 0.6 is 15.9 Å². The summed E-state index contributed by atoms with van der Waals surface area (Å²) in [5.41, 5.74) is 1.91. The van der Waals surface area contributed by atoms with Gasteiger partial charge in [-0.1, -0.05) is 22.0 Å². The second kappa shape index (κ2) is 7.08. The largest absolute Gasteiger partial charge is 0.496 e. The predicted molar refractivity (Wildman–Crippen MR) is 91.9 cm³/mol. The molecule has 1 aromatic carbocycles. The van der Waals surface area contributed by atoms with Gasteiger partial charge in [0.05, 0.1) is 25.4 Å². The SMILES string of the molecule is COc1cc(-n2ncc3c(Br)cccc32)ncc1CNCCO. The first-order valence-corrected chi connectivity index (χ1v) is 8.01. The van der Waals surface area contributed by atoms with Crippen molar-refractivity contribution in [1.29, 1.82) is 0 Å². The van der Waals surface area contributed by atoms with E-state index in [0.717, 1.165) is 26.7 Å². The number of nitrogens with one attached hydrogen (secondary N) is 1. The van der Waals surface area contributed by atoms with Gasteiger partial charge in [-0.05, 0) is 12.1 Å². The molecular formula is C16H17BrN4O2. The summed E-state index contributed by atoms with van der Waals surface area (Å²) in [6.45, 7) is 1.22. The number of aliphatic hydroxyl groups is 1. The summed E-state index contributed by atoms with van der Waals surface area (Å²) in [5, 5.41) is 17.4. The lowest BCUT2D eigenvalue weighted by atomic mass is 10.2. The van der Waals surface area contributed by atoms with Crippen molar-refractivity contribution >= 4 is 26.8 Å². The van der Waals surface area contributed by atoms with Crippen LogP contribution in [0.5, 0.6) is 5.75 Å². The highest BCUT2D eigenvalue weighted by Crippen LogP contribution is 2.26. The van der Waals surface area contributed by atoms with Crippen LogP contribution in [0.15, 0.2) is 41.1 Å². The van der Waals surface area contributed by atoms with E-state index in [4.69, 9.17) is 9.84 Å². The highest BCUT2D eigenvalue weighted by Gasteiger charge is 2.11. The van der Waals surface area contributed by atoms with Crippen LogP contribution < -0.4 is 10.1 Å². The molecule has 3 rings (SSSR count). The molecule has 0 fully saturated rings. The maximum atomic E-state index is 8.84. The number of ether oxygens (including phenoxy) is 1. The third kappa shape index (κ3) is 3.21. The van der Waals surface area contributed by atoms with Crippen LogP contribution in [-0.4, -0.2) is 40.1 Å². The maximum Gasteiger partial charge on any atom is 0.157 e. The van der Waals surface area contributed by atoms with Crippen LogP contribution in [-0.2, 0) is 6.54 Å². The second-order valence-corrected chi connectivity index (χ2v) is 5.84. The quantitative estimate of drug-likeness (QED) is 0.645. The zero-order valence-electron chi connectivity index (χ0n) is 12.7. The Balaban J connectivity index is 1.97. The average Bonchev–Trinajstić information content (AvgIpc) is 3.01. The molecule has 0 amide bonds. The van der Waals surface area contributed by atoms with Gasteiger partial charge in [0, 0.05) is 40.8 Å². The van der Waals surface area contributed by atoms with Gasteiger partial charge in [0.25, 0.3) is 0 Å². The first-order valence-electron chi connectivity index (χ1n) is 7.21. The van der Waals surface area contributed by atoms with Gasteiger partial charge in [-0.15, -0.1) is 0 Å². The van der Waals surface area contributed by atoms with E-state index >= 15 is 0 Å². The highest BCUT2D eigenvalue weighted by atomic mass is 79.9. The zero-order valence-corrected chi connectivity index (χ0v) is 14.2. The van der Waals surface area contributed by atoms with Crippen molar-refractivity contribution in [1.82, 2.24) is 20.1 Å². The molecule has 0 unspecified atom stereocenters. The van der Waals surface area contributed by atoms with Crippen molar-refractivity contribution in [3.8, 4) is 11.6 Å². The number of nitrogens with zero attached hydrogens (tertiary/aromatic N) is 3. The standard InChI is InChI=1S/C16H17BrN4O2/c1-23-15-7-16(19-9-11(15)8-18-5-6-22)21-14-4-2-3-13(17)12(14)10-20-21/h2-4,7,9-10,18,22H,5-6,8H2,1H3. The fourth-order valence-corrected chi connectivity index (χ4v) is 2.85. The molecule has 0 saturated heterocycles. The summed E-state index contributed by atoms with van der Waals surface area (Å²) in [6.07, 6.45) is 3.58. The molecule has 120 valence electrons. The minimum absolute atomic E-state index is 0.0992. The normalized spacial score (nSPS) is 11.1. The number of methoxy groups -OCH3 is 1. The molecule has 2 heterocycles. The van der Waals surface area contributed by atoms with E-state index in [1.165, 1.54) is 0 Å². The number of halogens is 1. The van der Waals surface area contributed by atoms with Crippen molar-refractivity contribution in [2.45, 2.75) is 6.54 Å². The number of hydrogen-bond donors (Lipinski definition) is 2. The average molecular weight is 377 g/mol. The Labute approximate surface area is 142 Å². The molecule has 2 aromatic heterocycles. The molecule has 0 bridgehead atoms. The maximum absolute atomic E-state index is 8.84. The third-order valence-electron chi connectivity index (χ3n) is 3.53. The smallest absolute Gasteiger partial charge is 0.157 e. The Hall–Kier alpha value is -1.96. The summed E-state index contributed by atoms with van der Waals surface area (Å²) >= 11 is 3.53. The lowest BCUT2D eigenvalue weighted by molar-refractivity contribution is 0.291. The van der Waals surface area contributed by atoms with E-state index in [9.17, 15) is 0 Å². The van der Waals surface area contributed by atoms with Gasteiger partial charge in [-0.3, -0.25) is 0 Å². The Morgan fingerprint density at radius 3 is 3.00 bits per heavy atom. The van der Waals surface area contributed by atoms with E-state index in [2.05, 4.69) is 31.3 Å². The molecule has 0 spiro atoms. The predicted octanol–water partition coefficient (Wildman–Crippen LogP) is 2.27. The number of aliphatic hydroxyl groups excluding tert-OH is 1. The van der Waals surface area contributed by atoms with Gasteiger partial charge in [-0.25, -0.2) is 9.67 Å². The molecule has 7 heteroatoms. The number of benzene rings is 1. The molecule has 6 nitrogen and oxygen atoms in total. The highest BCUT2D eigenvalue weighted by molar-refractivity contribution is 9.10. The summed E-state index contributed by atoms with van der Waals surface area (Å²) in [7, 11) is 1.63. The Kier molecular flexibility index (Phi) is 4.90. The van der Waals surface area contributed by atoms with Crippen LogP contribution in [0.2, 0.25) is 0 Å². The molecule has 0 aliphatic rings. The first-order chi connectivity index (χ1) is 11.2. The fourth-order valence-electron chi connectivity index (χ4n) is 2.39. The fraction of sp³-hybridized carbons (Fsp3) is 0.250. The lowest BCUT2D eigenvalue weighted by Gasteiger charge is -2.11. The molecule has 0 aliphatic heterocycles. The summed E-state index contributed by atoms with van der Waals surface area (Å²) in [5.74, 6) is 1.43. The molecule has 3 aromatic rings.